The number of carbonyl (C=O) groups is 2. The van der Waals surface area contributed by atoms with Gasteiger partial charge >= 0.3 is 0 Å². The largest absolute Gasteiger partial charge is 0.354 e. The molecule has 0 bridgehead atoms. The molecule has 1 atom stereocenters. The fraction of sp³-hybridized carbons (Fsp3) is 0.391. The number of anilines is 1. The normalized spacial score (nSPS) is 12.2. The van der Waals surface area contributed by atoms with Crippen molar-refractivity contribution in [3.8, 4) is 0 Å². The van der Waals surface area contributed by atoms with Crippen LogP contribution in [0.5, 0.6) is 0 Å². The molecule has 9 heteroatoms. The molecule has 0 spiro atoms. The minimum atomic E-state index is -3.73. The average Bonchev–Trinajstić information content (AvgIpc) is 2.74. The summed E-state index contributed by atoms with van der Waals surface area (Å²) in [6, 6.07) is 13.6. The summed E-state index contributed by atoms with van der Waals surface area (Å²) in [7, 11) is -3.73. The summed E-state index contributed by atoms with van der Waals surface area (Å²) in [5.41, 5.74) is 2.31. The molecule has 0 heterocycles. The Labute approximate surface area is 199 Å². The van der Waals surface area contributed by atoms with Gasteiger partial charge in [0, 0.05) is 17.6 Å². The van der Waals surface area contributed by atoms with E-state index in [9.17, 15) is 18.0 Å². The Morgan fingerprint density at radius 1 is 1.06 bits per heavy atom. The third-order valence-corrected chi connectivity index (χ3v) is 6.65. The van der Waals surface area contributed by atoms with Crippen molar-refractivity contribution in [3.05, 3.63) is 64.1 Å². The van der Waals surface area contributed by atoms with Crippen molar-refractivity contribution in [2.24, 2.45) is 0 Å². The first-order valence-electron chi connectivity index (χ1n) is 10.4. The fourth-order valence-electron chi connectivity index (χ4n) is 3.09. The molecule has 0 aliphatic carbocycles. The molecule has 174 valence electrons. The van der Waals surface area contributed by atoms with Gasteiger partial charge in [-0.25, -0.2) is 8.42 Å². The maximum atomic E-state index is 13.4. The molecule has 2 aromatic carbocycles. The quantitative estimate of drug-likeness (QED) is 0.516. The molecule has 7 nitrogen and oxygen atoms in total. The van der Waals surface area contributed by atoms with E-state index in [0.29, 0.717) is 12.2 Å². The molecule has 0 saturated carbocycles. The van der Waals surface area contributed by atoms with Crippen LogP contribution in [0.15, 0.2) is 53.0 Å². The first kappa shape index (κ1) is 25.9. The second kappa shape index (κ2) is 11.5. The van der Waals surface area contributed by atoms with Crippen molar-refractivity contribution < 1.29 is 18.0 Å². The highest BCUT2D eigenvalue weighted by atomic mass is 79.9. The van der Waals surface area contributed by atoms with E-state index in [1.165, 1.54) is 4.90 Å². The van der Waals surface area contributed by atoms with Crippen molar-refractivity contribution >= 4 is 43.5 Å². The van der Waals surface area contributed by atoms with E-state index < -0.39 is 28.5 Å². The summed E-state index contributed by atoms with van der Waals surface area (Å²) in [4.78, 5) is 27.4. The zero-order valence-corrected chi connectivity index (χ0v) is 21.2. The summed E-state index contributed by atoms with van der Waals surface area (Å²) in [5.74, 6) is -0.736. The lowest BCUT2D eigenvalue weighted by Gasteiger charge is -2.31. The fourth-order valence-corrected chi connectivity index (χ4v) is 4.20. The average molecular weight is 524 g/mol. The topological polar surface area (TPSA) is 86.8 Å². The van der Waals surface area contributed by atoms with Gasteiger partial charge in [0.05, 0.1) is 11.9 Å². The van der Waals surface area contributed by atoms with Crippen LogP contribution in [0.1, 0.15) is 31.4 Å². The molecular weight excluding hydrogens is 494 g/mol. The molecule has 0 radical (unpaired) electrons. The van der Waals surface area contributed by atoms with E-state index in [4.69, 9.17) is 0 Å². The number of rotatable bonds is 10. The van der Waals surface area contributed by atoms with Crippen LogP contribution in [-0.2, 0) is 26.2 Å². The molecule has 1 N–H and O–H groups in total. The molecule has 0 aromatic heterocycles. The number of aryl methyl sites for hydroxylation is 1. The first-order valence-corrected chi connectivity index (χ1v) is 13.0. The van der Waals surface area contributed by atoms with E-state index in [-0.39, 0.29) is 12.5 Å². The highest BCUT2D eigenvalue weighted by Gasteiger charge is 2.29. The highest BCUT2D eigenvalue weighted by Crippen LogP contribution is 2.21. The Bertz CT molecular complexity index is 1020. The summed E-state index contributed by atoms with van der Waals surface area (Å²) in [6.07, 6.45) is 1.83. The number of benzene rings is 2. The van der Waals surface area contributed by atoms with Gasteiger partial charge < -0.3 is 10.2 Å². The second-order valence-corrected chi connectivity index (χ2v) is 10.5. The van der Waals surface area contributed by atoms with Gasteiger partial charge in [-0.15, -0.1) is 0 Å². The van der Waals surface area contributed by atoms with Crippen LogP contribution in [-0.4, -0.2) is 50.5 Å². The number of hydrogen-bond donors (Lipinski definition) is 1. The summed E-state index contributed by atoms with van der Waals surface area (Å²) in [6.45, 7) is 5.86. The van der Waals surface area contributed by atoms with E-state index in [2.05, 4.69) is 21.2 Å². The van der Waals surface area contributed by atoms with Gasteiger partial charge in [-0.2, -0.15) is 0 Å². The molecule has 0 saturated heterocycles. The lowest BCUT2D eigenvalue weighted by molar-refractivity contribution is -0.139. The monoisotopic (exact) mass is 523 g/mol. The number of halogens is 1. The smallest absolute Gasteiger partial charge is 0.244 e. The lowest BCUT2D eigenvalue weighted by Crippen LogP contribution is -2.51. The molecule has 0 aliphatic rings. The number of nitrogens with one attached hydrogen (secondary N) is 1. The Hall–Kier alpha value is -2.39. The van der Waals surface area contributed by atoms with Gasteiger partial charge in [0.2, 0.25) is 21.8 Å². The lowest BCUT2D eigenvalue weighted by atomic mass is 10.1. The van der Waals surface area contributed by atoms with Crippen molar-refractivity contribution in [1.29, 1.82) is 0 Å². The van der Waals surface area contributed by atoms with Crippen LogP contribution >= 0.6 is 15.9 Å². The van der Waals surface area contributed by atoms with Crippen molar-refractivity contribution in [2.75, 3.05) is 23.7 Å². The van der Waals surface area contributed by atoms with Crippen molar-refractivity contribution in [3.63, 3.8) is 0 Å². The minimum Gasteiger partial charge on any atom is -0.354 e. The molecule has 0 aliphatic heterocycles. The number of carbonyl (C=O) groups excluding carboxylic acids is 2. The molecule has 2 amide bonds. The number of amides is 2. The number of nitrogens with zero attached hydrogens (tertiary/aromatic N) is 2. The molecule has 2 rings (SSSR count). The third kappa shape index (κ3) is 7.34. The van der Waals surface area contributed by atoms with Gasteiger partial charge in [0.25, 0.3) is 0 Å². The highest BCUT2D eigenvalue weighted by molar-refractivity contribution is 9.10. The van der Waals surface area contributed by atoms with Gasteiger partial charge in [0.15, 0.2) is 0 Å². The summed E-state index contributed by atoms with van der Waals surface area (Å²) < 4.78 is 26.8. The number of hydrogen-bond acceptors (Lipinski definition) is 4. The maximum Gasteiger partial charge on any atom is 0.244 e. The van der Waals surface area contributed by atoms with Crippen molar-refractivity contribution in [1.82, 2.24) is 10.2 Å². The van der Waals surface area contributed by atoms with E-state index >= 15 is 0 Å². The van der Waals surface area contributed by atoms with Crippen LogP contribution in [0.4, 0.5) is 5.69 Å². The first-order chi connectivity index (χ1) is 15.0. The molecule has 32 heavy (non-hydrogen) atoms. The Morgan fingerprint density at radius 2 is 1.66 bits per heavy atom. The van der Waals surface area contributed by atoms with E-state index in [1.54, 1.807) is 31.2 Å². The zero-order valence-electron chi connectivity index (χ0n) is 18.8. The Kier molecular flexibility index (Phi) is 9.27. The van der Waals surface area contributed by atoms with Crippen LogP contribution in [0, 0.1) is 6.92 Å². The second-order valence-electron chi connectivity index (χ2n) is 7.72. The summed E-state index contributed by atoms with van der Waals surface area (Å²) in [5, 5.41) is 2.81. The van der Waals surface area contributed by atoms with Gasteiger partial charge in [0.1, 0.15) is 12.6 Å². The minimum absolute atomic E-state index is 0.192. The van der Waals surface area contributed by atoms with Gasteiger partial charge in [-0.1, -0.05) is 52.7 Å². The SMILES string of the molecule is CCCNC(=O)[C@H](C)N(Cc1ccc(C)cc1)C(=O)CN(c1ccc(Br)cc1)S(C)(=O)=O. The molecule has 0 fully saturated rings. The van der Waals surface area contributed by atoms with E-state index in [0.717, 1.165) is 32.6 Å². The van der Waals surface area contributed by atoms with Crippen LogP contribution < -0.4 is 9.62 Å². The summed E-state index contributed by atoms with van der Waals surface area (Å²) >= 11 is 3.33. The Balaban J connectivity index is 2.34. The predicted molar refractivity (Wildman–Crippen MR) is 131 cm³/mol. The molecule has 0 unspecified atom stereocenters. The van der Waals surface area contributed by atoms with Crippen molar-refractivity contribution in [2.45, 2.75) is 39.8 Å². The molecular formula is C23H30BrN3O4S. The maximum absolute atomic E-state index is 13.4. The van der Waals surface area contributed by atoms with E-state index in [1.807, 2.05) is 38.1 Å². The third-order valence-electron chi connectivity index (χ3n) is 4.98. The van der Waals surface area contributed by atoms with Crippen LogP contribution in [0.25, 0.3) is 0 Å². The van der Waals surface area contributed by atoms with Gasteiger partial charge in [-0.3, -0.25) is 13.9 Å². The number of sulfonamides is 1. The predicted octanol–water partition coefficient (Wildman–Crippen LogP) is 3.47. The van der Waals surface area contributed by atoms with Gasteiger partial charge in [-0.05, 0) is 50.1 Å². The standard InChI is InChI=1S/C23H30BrN3O4S/c1-5-14-25-23(29)18(3)26(15-19-8-6-17(2)7-9-19)22(28)16-27(32(4,30)31)21-12-10-20(24)11-13-21/h6-13,18H,5,14-16H2,1-4H3,(H,25,29)/t18-/m0/s1. The Morgan fingerprint density at radius 3 is 2.19 bits per heavy atom. The molecule has 2 aromatic rings. The zero-order chi connectivity index (χ0) is 23.9. The van der Waals surface area contributed by atoms with Crippen LogP contribution in [0.2, 0.25) is 0 Å². The van der Waals surface area contributed by atoms with Crippen LogP contribution in [0.3, 0.4) is 0 Å².